The van der Waals surface area contributed by atoms with Crippen molar-refractivity contribution in [1.82, 2.24) is 15.4 Å². The van der Waals surface area contributed by atoms with Crippen molar-refractivity contribution in [3.8, 4) is 5.75 Å². The van der Waals surface area contributed by atoms with Crippen LogP contribution in [0, 0.1) is 5.92 Å². The molecule has 0 aliphatic carbocycles. The smallest absolute Gasteiger partial charge is 0.418 e. The van der Waals surface area contributed by atoms with E-state index in [0.29, 0.717) is 35.3 Å². The Kier molecular flexibility index (Phi) is 16.7. The van der Waals surface area contributed by atoms with Gasteiger partial charge in [-0.2, -0.15) is 40.5 Å². The van der Waals surface area contributed by atoms with Crippen molar-refractivity contribution < 1.29 is 46.3 Å². The number of rotatable bonds is 16. The number of hydroxylamine groups is 2. The number of benzene rings is 1. The van der Waals surface area contributed by atoms with Crippen molar-refractivity contribution in [2.75, 3.05) is 32.5 Å². The highest BCUT2D eigenvalue weighted by molar-refractivity contribution is 7.80. The average Bonchev–Trinajstić information content (AvgIpc) is 3.37. The lowest BCUT2D eigenvalue weighted by atomic mass is 9.74. The first kappa shape index (κ1) is 42.5. The van der Waals surface area contributed by atoms with E-state index >= 15 is 0 Å². The lowest BCUT2D eigenvalue weighted by Gasteiger charge is -2.50. The summed E-state index contributed by atoms with van der Waals surface area (Å²) in [6.07, 6.45) is -2.16. The summed E-state index contributed by atoms with van der Waals surface area (Å²) in [6, 6.07) is 6.43. The van der Waals surface area contributed by atoms with Crippen molar-refractivity contribution in [2.45, 2.75) is 39.3 Å². The number of carboxylic acids is 1. The van der Waals surface area contributed by atoms with Gasteiger partial charge in [0, 0.05) is 23.9 Å². The first-order valence-corrected chi connectivity index (χ1v) is 14.8. The second-order valence-electron chi connectivity index (χ2n) is 9.62. The molecule has 258 valence electrons. The van der Waals surface area contributed by atoms with Crippen LogP contribution in [-0.2, 0) is 33.9 Å². The van der Waals surface area contributed by atoms with Crippen LogP contribution >= 0.6 is 38.3 Å². The van der Waals surface area contributed by atoms with E-state index in [1.807, 2.05) is 0 Å². The van der Waals surface area contributed by atoms with E-state index in [0.717, 1.165) is 11.3 Å². The number of hydrogen-bond donors (Lipinski definition) is 5. The zero-order valence-electron chi connectivity index (χ0n) is 24.3. The highest BCUT2D eigenvalue weighted by Gasteiger charge is 2.57. The van der Waals surface area contributed by atoms with Crippen LogP contribution in [0.3, 0.4) is 0 Å². The van der Waals surface area contributed by atoms with Gasteiger partial charge < -0.3 is 31.5 Å². The molecule has 1 aromatic heterocycles. The fraction of sp³-hybridized carbons (Fsp3) is 0.440. The van der Waals surface area contributed by atoms with Gasteiger partial charge in [-0.05, 0) is 45.2 Å². The molecule has 0 spiro atoms. The second kappa shape index (κ2) is 18.0. The number of nitrogens with two attached hydrogens (primary N) is 2. The fourth-order valence-electron chi connectivity index (χ4n) is 3.82. The van der Waals surface area contributed by atoms with Crippen molar-refractivity contribution in [3.63, 3.8) is 0 Å². The molecule has 1 aliphatic heterocycles. The van der Waals surface area contributed by atoms with E-state index in [4.69, 9.17) is 25.6 Å². The summed E-state index contributed by atoms with van der Waals surface area (Å²) in [4.78, 5) is 51.0. The summed E-state index contributed by atoms with van der Waals surface area (Å²) in [6.45, 7) is 3.49. The summed E-state index contributed by atoms with van der Waals surface area (Å²) >= 11 is 0.979. The van der Waals surface area contributed by atoms with Gasteiger partial charge >= 0.3 is 16.4 Å². The molecule has 0 saturated carbocycles. The molecule has 21 heteroatoms. The minimum atomic E-state index is -4.99. The van der Waals surface area contributed by atoms with Crippen LogP contribution in [0.25, 0.3) is 0 Å². The highest BCUT2D eigenvalue weighted by Crippen LogP contribution is 2.40. The number of nitrogens with one attached hydrogen (secondary N) is 1. The number of thiazole rings is 1. The van der Waals surface area contributed by atoms with Gasteiger partial charge in [0.25, 0.3) is 12.0 Å². The van der Waals surface area contributed by atoms with Crippen molar-refractivity contribution in [3.05, 3.63) is 40.9 Å². The molecule has 2 heterocycles. The van der Waals surface area contributed by atoms with Gasteiger partial charge in [-0.1, -0.05) is 12.6 Å². The summed E-state index contributed by atoms with van der Waals surface area (Å²) in [5.74, 6) is -3.56. The number of amidine groups is 1. The standard InChI is InChI=1S/C24H31N7O10S2.CH4.2H2S/c1-24(2)15(21(33)31(24)41-43(36,37)38)10-17(32)19(16-12-42-23(26)29-16)30-40-18(22(34)35)11-39-14-6-4-13(5-7-14)20(25)28-9-8-27-3;;;/h4-7,12,15,18,27H,8-11H2,1-3H3,(H2,25,28)(H2,26,29)(H,34,35)(H,36,37,38);1H4;2*1H2/b30-19-;;;/t15?,18-;;;/m0.../s1. The fourth-order valence-corrected chi connectivity index (χ4v) is 4.82. The number of ketones is 1. The van der Waals surface area contributed by atoms with E-state index in [2.05, 4.69) is 24.7 Å². The maximum Gasteiger partial charge on any atom is 0.418 e. The van der Waals surface area contributed by atoms with Crippen molar-refractivity contribution in [1.29, 1.82) is 0 Å². The molecule has 1 fully saturated rings. The number of oxime groups is 1. The van der Waals surface area contributed by atoms with Crippen LogP contribution < -0.4 is 21.5 Å². The molecular formula is C25H39N7O10S4. The molecule has 7 N–H and O–H groups in total. The molecule has 0 radical (unpaired) electrons. The normalized spacial score (nSPS) is 16.6. The summed E-state index contributed by atoms with van der Waals surface area (Å²) < 4.78 is 40.9. The highest BCUT2D eigenvalue weighted by atomic mass is 32.3. The lowest BCUT2D eigenvalue weighted by molar-refractivity contribution is -0.228. The molecular weight excluding hydrogens is 687 g/mol. The first-order chi connectivity index (χ1) is 20.1. The Bertz CT molecular complexity index is 1520. The van der Waals surface area contributed by atoms with E-state index in [-0.39, 0.29) is 45.2 Å². The molecule has 3 rings (SSSR count). The molecule has 46 heavy (non-hydrogen) atoms. The average molecular weight is 726 g/mol. The maximum absolute atomic E-state index is 13.2. The number of likely N-dealkylation sites (N-methyl/N-ethyl adjacent to an activating group) is 1. The third-order valence-corrected chi connectivity index (χ3v) is 7.21. The van der Waals surface area contributed by atoms with Gasteiger partial charge in [-0.15, -0.1) is 15.6 Å². The monoisotopic (exact) mass is 725 g/mol. The number of anilines is 1. The van der Waals surface area contributed by atoms with Crippen LogP contribution in [0.5, 0.6) is 5.75 Å². The lowest BCUT2D eigenvalue weighted by Crippen LogP contribution is -2.68. The Morgan fingerprint density at radius 2 is 1.87 bits per heavy atom. The molecule has 17 nitrogen and oxygen atoms in total. The molecule has 0 bridgehead atoms. The van der Waals surface area contributed by atoms with E-state index < -0.39 is 64.4 Å². The Morgan fingerprint density at radius 1 is 1.24 bits per heavy atom. The Balaban J connectivity index is 0.00000675. The summed E-state index contributed by atoms with van der Waals surface area (Å²) in [5.41, 5.74) is 10.5. The molecule has 1 aromatic carbocycles. The third-order valence-electron chi connectivity index (χ3n) is 6.20. The van der Waals surface area contributed by atoms with E-state index in [9.17, 15) is 27.9 Å². The number of carboxylic acid groups (broad SMARTS) is 1. The number of aromatic nitrogens is 1. The summed E-state index contributed by atoms with van der Waals surface area (Å²) in [7, 11) is -3.19. The largest absolute Gasteiger partial charge is 0.489 e. The van der Waals surface area contributed by atoms with Crippen molar-refractivity contribution in [2.24, 2.45) is 21.8 Å². The number of ether oxygens (including phenoxy) is 1. The van der Waals surface area contributed by atoms with Gasteiger partial charge in [0.15, 0.2) is 16.6 Å². The van der Waals surface area contributed by atoms with Crippen LogP contribution in [0.2, 0.25) is 0 Å². The quantitative estimate of drug-likeness (QED) is 0.0399. The number of Topliss-reactive ketones (excluding diaryl/α,β-unsaturated/α-hetero) is 1. The zero-order chi connectivity index (χ0) is 31.9. The number of amides is 1. The number of aliphatic imine (C=N–C) groups is 1. The number of aliphatic carboxylic acids is 1. The Morgan fingerprint density at radius 3 is 2.37 bits per heavy atom. The Hall–Kier alpha value is -3.47. The van der Waals surface area contributed by atoms with Gasteiger partial charge in [0.2, 0.25) is 0 Å². The maximum atomic E-state index is 13.2. The van der Waals surface area contributed by atoms with Crippen LogP contribution in [-0.4, -0.2) is 95.7 Å². The van der Waals surface area contributed by atoms with Crippen molar-refractivity contribution >= 4 is 83.1 Å². The number of nitrogens with zero attached hydrogens (tertiary/aromatic N) is 4. The Labute approximate surface area is 284 Å². The molecule has 2 atom stereocenters. The van der Waals surface area contributed by atoms with Crippen LogP contribution in [0.4, 0.5) is 5.13 Å². The van der Waals surface area contributed by atoms with Gasteiger partial charge in [0.1, 0.15) is 23.9 Å². The number of hydrogen-bond acceptors (Lipinski definition) is 14. The topological polar surface area (TPSA) is 258 Å². The molecule has 1 amide bonds. The molecule has 1 unspecified atom stereocenters. The zero-order valence-corrected chi connectivity index (χ0v) is 27.9. The van der Waals surface area contributed by atoms with E-state index in [1.54, 1.807) is 31.3 Å². The first-order valence-electron chi connectivity index (χ1n) is 12.5. The molecule has 2 aromatic rings. The number of carbonyl (C=O) groups is 3. The van der Waals surface area contributed by atoms with Crippen LogP contribution in [0.1, 0.15) is 39.0 Å². The number of β-lactam (4-membered cyclic amide) rings is 1. The molecule has 1 aliphatic rings. The number of nitrogen functional groups attached to an aromatic ring is 1. The molecule has 1 saturated heterocycles. The van der Waals surface area contributed by atoms with Gasteiger partial charge in [0.05, 0.1) is 18.0 Å². The van der Waals surface area contributed by atoms with Gasteiger partial charge in [-0.25, -0.2) is 9.78 Å². The predicted molar refractivity (Wildman–Crippen MR) is 181 cm³/mol. The minimum absolute atomic E-state index is 0. The second-order valence-corrected chi connectivity index (χ2v) is 11.5. The predicted octanol–water partition coefficient (Wildman–Crippen LogP) is 0.695. The van der Waals surface area contributed by atoms with Crippen LogP contribution in [0.15, 0.2) is 39.8 Å². The SMILES string of the molecule is C.CNCCN=C(N)c1ccc(OC[C@H](O/N=C(\C(=O)CC2C(=O)N(OS(=O)(=O)O)C2(C)C)c2csc(N)n2)C(=O)O)cc1.S.S. The minimum Gasteiger partial charge on any atom is -0.489 e. The summed E-state index contributed by atoms with van der Waals surface area (Å²) in [5, 5.41) is 18.3. The van der Waals surface area contributed by atoms with Gasteiger partial charge in [-0.3, -0.25) is 19.1 Å². The third kappa shape index (κ3) is 11.1. The number of carbonyl (C=O) groups excluding carboxylic acids is 2. The van der Waals surface area contributed by atoms with E-state index in [1.165, 1.54) is 19.2 Å².